The van der Waals surface area contributed by atoms with Gasteiger partial charge in [-0.1, -0.05) is 48.2 Å². The number of carbonyl (C=O) groups excluding carboxylic acids is 2. The second-order valence-corrected chi connectivity index (χ2v) is 17.6. The zero-order valence-corrected chi connectivity index (χ0v) is 34.4. The molecule has 2 aliphatic heterocycles. The van der Waals surface area contributed by atoms with Crippen LogP contribution >= 0.6 is 23.2 Å². The minimum atomic E-state index is -4.26. The van der Waals surface area contributed by atoms with Crippen LogP contribution in [-0.4, -0.2) is 109 Å². The first-order valence-electron chi connectivity index (χ1n) is 19.3. The fraction of sp³-hybridized carbons (Fsp3) is 0.538. The number of sulfonamides is 1. The van der Waals surface area contributed by atoms with Crippen LogP contribution in [0, 0.1) is 13.8 Å². The normalized spacial score (nSPS) is 18.6. The molecule has 14 nitrogen and oxygen atoms in total. The van der Waals surface area contributed by atoms with Gasteiger partial charge in [0, 0.05) is 73.5 Å². The van der Waals surface area contributed by atoms with E-state index in [1.165, 1.54) is 12.1 Å². The van der Waals surface area contributed by atoms with Crippen molar-refractivity contribution in [2.75, 3.05) is 45.8 Å². The quantitative estimate of drug-likeness (QED) is 0.111. The number of piperidine rings is 1. The second kappa shape index (κ2) is 17.8. The van der Waals surface area contributed by atoms with Crippen LogP contribution in [0.1, 0.15) is 68.2 Å². The Kier molecular flexibility index (Phi) is 13.3. The standard InChI is InChI=1S/C39H53Cl2N9O5S/c1-25-23-26(2)46-35-28(25)7-5-9-32(35)55-24-29-30(40)10-11-33(34(29)41)56(53,54)47-39(14-3-4-15-39)37(52)50-17-12-27(13-18-50)48-19-21-49(22-20-48)36(51)31(42)8-6-16-45-38(43)44/h5,7,9-11,23,27,31,47H,3-4,6,8,12-22,24,42H2,1-2H3,(H4,43,44,45)/t31-/m0/s1. The summed E-state index contributed by atoms with van der Waals surface area (Å²) >= 11 is 13.4. The smallest absolute Gasteiger partial charge is 0.243 e. The van der Waals surface area contributed by atoms with Crippen molar-refractivity contribution in [3.63, 3.8) is 0 Å². The number of fused-ring (bicyclic) bond motifs is 1. The zero-order chi connectivity index (χ0) is 40.2. The molecule has 7 N–H and O–H groups in total. The van der Waals surface area contributed by atoms with E-state index in [-0.39, 0.29) is 45.4 Å². The molecule has 0 radical (unpaired) electrons. The van der Waals surface area contributed by atoms with Crippen molar-refractivity contribution >= 4 is 61.9 Å². The van der Waals surface area contributed by atoms with Crippen molar-refractivity contribution in [3.8, 4) is 5.75 Å². The third kappa shape index (κ3) is 9.35. The van der Waals surface area contributed by atoms with E-state index in [9.17, 15) is 18.0 Å². The fourth-order valence-electron chi connectivity index (χ4n) is 8.31. The van der Waals surface area contributed by atoms with Crippen LogP contribution in [0.5, 0.6) is 5.75 Å². The third-order valence-electron chi connectivity index (χ3n) is 11.3. The number of aliphatic imine (C=N–C) groups is 1. The predicted octanol–water partition coefficient (Wildman–Crippen LogP) is 3.84. The summed E-state index contributed by atoms with van der Waals surface area (Å²) in [5.41, 5.74) is 18.6. The molecule has 2 aromatic carbocycles. The number of rotatable bonds is 13. The second-order valence-electron chi connectivity index (χ2n) is 15.2. The molecule has 1 saturated carbocycles. The maximum Gasteiger partial charge on any atom is 0.243 e. The maximum atomic E-state index is 14.3. The molecule has 0 spiro atoms. The molecular weight excluding hydrogens is 777 g/mol. The molecule has 1 aromatic heterocycles. The number of carbonyl (C=O) groups is 2. The Bertz CT molecular complexity index is 2060. The summed E-state index contributed by atoms with van der Waals surface area (Å²) in [6.45, 7) is 7.92. The number of aromatic nitrogens is 1. The van der Waals surface area contributed by atoms with Gasteiger partial charge in [0.2, 0.25) is 21.8 Å². The minimum Gasteiger partial charge on any atom is -0.487 e. The van der Waals surface area contributed by atoms with Crippen LogP contribution in [0.4, 0.5) is 0 Å². The number of hydrogen-bond donors (Lipinski definition) is 4. The number of piperazine rings is 1. The van der Waals surface area contributed by atoms with Gasteiger partial charge in [-0.15, -0.1) is 0 Å². The molecule has 56 heavy (non-hydrogen) atoms. The summed E-state index contributed by atoms with van der Waals surface area (Å²) in [5, 5.41) is 1.15. The van der Waals surface area contributed by atoms with Crippen molar-refractivity contribution in [3.05, 3.63) is 63.3 Å². The Morgan fingerprint density at radius 1 is 1.02 bits per heavy atom. The highest BCUT2D eigenvalue weighted by molar-refractivity contribution is 7.89. The van der Waals surface area contributed by atoms with Gasteiger partial charge in [0.05, 0.1) is 11.1 Å². The van der Waals surface area contributed by atoms with Crippen molar-refractivity contribution in [1.29, 1.82) is 0 Å². The molecule has 2 saturated heterocycles. The first-order chi connectivity index (χ1) is 26.7. The van der Waals surface area contributed by atoms with Gasteiger partial charge >= 0.3 is 0 Å². The number of aryl methyl sites for hydroxylation is 2. The number of para-hydroxylation sites is 1. The van der Waals surface area contributed by atoms with Gasteiger partial charge in [-0.25, -0.2) is 13.4 Å². The van der Waals surface area contributed by atoms with E-state index in [1.807, 2.05) is 36.9 Å². The Labute approximate surface area is 339 Å². The molecule has 1 atom stereocenters. The topological polar surface area (TPSA) is 203 Å². The SMILES string of the molecule is Cc1cc(C)c2cccc(OCc3c(Cl)ccc(S(=O)(=O)NC4(C(=O)N5CCC(N6CCN(C(=O)[C@@H](N)CCCN=C(N)N)CC6)CC5)CCCC4)c3Cl)c2n1. The van der Waals surface area contributed by atoms with Crippen LogP contribution in [0.3, 0.4) is 0 Å². The van der Waals surface area contributed by atoms with Crippen molar-refractivity contribution in [2.24, 2.45) is 22.2 Å². The monoisotopic (exact) mass is 829 g/mol. The molecule has 3 aromatic rings. The lowest BCUT2D eigenvalue weighted by atomic mass is 9.94. The number of guanidine groups is 1. The third-order valence-corrected chi connectivity index (χ3v) is 13.8. The largest absolute Gasteiger partial charge is 0.487 e. The fourth-order valence-corrected chi connectivity index (χ4v) is 10.6. The Hall–Kier alpha value is -3.73. The molecule has 0 unspecified atom stereocenters. The van der Waals surface area contributed by atoms with E-state index in [2.05, 4.69) is 19.6 Å². The van der Waals surface area contributed by atoms with E-state index < -0.39 is 21.6 Å². The van der Waals surface area contributed by atoms with Crippen LogP contribution in [-0.2, 0) is 26.2 Å². The molecule has 6 rings (SSSR count). The van der Waals surface area contributed by atoms with Gasteiger partial charge in [0.25, 0.3) is 0 Å². The number of nitrogens with zero attached hydrogens (tertiary/aromatic N) is 5. The minimum absolute atomic E-state index is 0.0243. The number of halogens is 2. The van der Waals surface area contributed by atoms with E-state index in [0.29, 0.717) is 75.2 Å². The van der Waals surface area contributed by atoms with Crippen molar-refractivity contribution in [1.82, 2.24) is 24.4 Å². The van der Waals surface area contributed by atoms with E-state index in [0.717, 1.165) is 55.4 Å². The molecule has 3 fully saturated rings. The number of likely N-dealkylation sites (tertiary alicyclic amines) is 1. The highest BCUT2D eigenvalue weighted by Gasteiger charge is 2.48. The molecule has 304 valence electrons. The number of nitrogens with one attached hydrogen (secondary N) is 1. The van der Waals surface area contributed by atoms with E-state index >= 15 is 0 Å². The Morgan fingerprint density at radius 3 is 2.39 bits per heavy atom. The molecule has 3 heterocycles. The molecule has 3 aliphatic rings. The van der Waals surface area contributed by atoms with Crippen LogP contribution in [0.2, 0.25) is 10.0 Å². The molecule has 17 heteroatoms. The highest BCUT2D eigenvalue weighted by Crippen LogP contribution is 2.38. The van der Waals surface area contributed by atoms with Crippen molar-refractivity contribution in [2.45, 2.75) is 94.3 Å². The molecule has 0 bridgehead atoms. The molecule has 1 aliphatic carbocycles. The first-order valence-corrected chi connectivity index (χ1v) is 21.6. The van der Waals surface area contributed by atoms with Crippen LogP contribution in [0.25, 0.3) is 10.9 Å². The number of benzene rings is 2. The maximum absolute atomic E-state index is 14.3. The van der Waals surface area contributed by atoms with Crippen molar-refractivity contribution < 1.29 is 22.7 Å². The predicted molar refractivity (Wildman–Crippen MR) is 219 cm³/mol. The van der Waals surface area contributed by atoms with Gasteiger partial charge in [0.1, 0.15) is 28.3 Å². The lowest BCUT2D eigenvalue weighted by Crippen LogP contribution is -2.61. The zero-order valence-electron chi connectivity index (χ0n) is 32.1. The van der Waals surface area contributed by atoms with Crippen LogP contribution in [0.15, 0.2) is 46.3 Å². The average molecular weight is 831 g/mol. The highest BCUT2D eigenvalue weighted by atomic mass is 35.5. The number of hydrogen-bond acceptors (Lipinski definition) is 9. The van der Waals surface area contributed by atoms with Gasteiger partial charge in [-0.3, -0.25) is 19.5 Å². The Balaban J connectivity index is 1.07. The number of pyridine rings is 1. The van der Waals surface area contributed by atoms with Crippen LogP contribution < -0.4 is 26.7 Å². The summed E-state index contributed by atoms with van der Waals surface area (Å²) in [6.07, 6.45) is 4.87. The van der Waals surface area contributed by atoms with Gasteiger partial charge in [0.15, 0.2) is 5.96 Å². The summed E-state index contributed by atoms with van der Waals surface area (Å²) < 4.78 is 37.3. The number of ether oxygens (including phenoxy) is 1. The van der Waals surface area contributed by atoms with Gasteiger partial charge < -0.3 is 31.7 Å². The average Bonchev–Trinajstić information content (AvgIpc) is 3.64. The van der Waals surface area contributed by atoms with Gasteiger partial charge in [-0.05, 0) is 82.2 Å². The summed E-state index contributed by atoms with van der Waals surface area (Å²) in [6, 6.07) is 10.2. The summed E-state index contributed by atoms with van der Waals surface area (Å²) in [4.78, 5) is 41.7. The summed E-state index contributed by atoms with van der Waals surface area (Å²) in [7, 11) is -4.26. The van der Waals surface area contributed by atoms with E-state index in [1.54, 1.807) is 11.0 Å². The molecule has 2 amide bonds. The Morgan fingerprint density at radius 2 is 1.71 bits per heavy atom. The lowest BCUT2D eigenvalue weighted by molar-refractivity contribution is -0.140. The molecular formula is C39H53Cl2N9O5S. The number of amides is 2. The summed E-state index contributed by atoms with van der Waals surface area (Å²) in [5.74, 6) is 0.282. The van der Waals surface area contributed by atoms with E-state index in [4.69, 9.17) is 45.1 Å². The lowest BCUT2D eigenvalue weighted by Gasteiger charge is -2.44. The number of nitrogens with two attached hydrogens (primary N) is 3. The van der Waals surface area contributed by atoms with Gasteiger partial charge in [-0.2, -0.15) is 4.72 Å². The first kappa shape index (κ1) is 41.9.